The van der Waals surface area contributed by atoms with Crippen molar-refractivity contribution in [2.75, 3.05) is 0 Å². The van der Waals surface area contributed by atoms with E-state index in [-0.39, 0.29) is 0 Å². The van der Waals surface area contributed by atoms with Gasteiger partial charge in [0.2, 0.25) is 0 Å². The van der Waals surface area contributed by atoms with Crippen molar-refractivity contribution in [3.05, 3.63) is 35.4 Å². The molecule has 60 valence electrons. The first kappa shape index (κ1) is 9.97. The summed E-state index contributed by atoms with van der Waals surface area (Å²) in [6, 6.07) is 6.56. The summed E-state index contributed by atoms with van der Waals surface area (Å²) in [5, 5.41) is 0. The Hall–Kier alpha value is -0.118. The topological polar surface area (TPSA) is 0 Å². The molecule has 1 heteroatoms. The quantitative estimate of drug-likeness (QED) is 0.718. The molecule has 0 aliphatic rings. The SMILES string of the molecule is CC/C=C\c1ccc[c]([Tl])c1C. The van der Waals surface area contributed by atoms with Gasteiger partial charge in [0.05, 0.1) is 0 Å². The molecule has 0 aliphatic heterocycles. The summed E-state index contributed by atoms with van der Waals surface area (Å²) in [5.41, 5.74) is 2.85. The fraction of sp³-hybridized carbons (Fsp3) is 0.273. The van der Waals surface area contributed by atoms with Crippen LogP contribution < -0.4 is 3.12 Å². The molecule has 0 spiro atoms. The molecule has 0 nitrogen and oxygen atoms in total. The van der Waals surface area contributed by atoms with Gasteiger partial charge in [0, 0.05) is 0 Å². The van der Waals surface area contributed by atoms with E-state index in [1.165, 1.54) is 14.2 Å². The minimum absolute atomic E-state index is 0.949. The summed E-state index contributed by atoms with van der Waals surface area (Å²) in [6.07, 6.45) is 5.56. The Morgan fingerprint density at radius 2 is 2.17 bits per heavy atom. The van der Waals surface area contributed by atoms with Crippen LogP contribution in [0, 0.1) is 6.92 Å². The zero-order valence-corrected chi connectivity index (χ0v) is 12.2. The van der Waals surface area contributed by atoms with E-state index in [4.69, 9.17) is 0 Å². The van der Waals surface area contributed by atoms with Crippen LogP contribution in [0.15, 0.2) is 24.3 Å². The van der Waals surface area contributed by atoms with E-state index in [1.54, 1.807) is 0 Å². The molecule has 0 N–H and O–H groups in total. The number of hydrogen-bond acceptors (Lipinski definition) is 0. The molecule has 0 heterocycles. The maximum atomic E-state index is 2.23. The van der Waals surface area contributed by atoms with Gasteiger partial charge < -0.3 is 0 Å². The minimum atomic E-state index is 0.949. The predicted octanol–water partition coefficient (Wildman–Crippen LogP) is 2.21. The number of benzene rings is 1. The van der Waals surface area contributed by atoms with Gasteiger partial charge >= 0.3 is 90.6 Å². The van der Waals surface area contributed by atoms with Crippen molar-refractivity contribution in [1.82, 2.24) is 0 Å². The van der Waals surface area contributed by atoms with Crippen LogP contribution in [-0.4, -0.2) is 25.8 Å². The fourth-order valence-corrected chi connectivity index (χ4v) is 2.18. The van der Waals surface area contributed by atoms with Crippen molar-refractivity contribution in [2.24, 2.45) is 0 Å². The Morgan fingerprint density at radius 1 is 1.42 bits per heavy atom. The van der Waals surface area contributed by atoms with Gasteiger partial charge in [-0.15, -0.1) is 0 Å². The number of hydrogen-bond donors (Lipinski definition) is 0. The monoisotopic (exact) mass is 350 g/mol. The van der Waals surface area contributed by atoms with Gasteiger partial charge in [-0.1, -0.05) is 0 Å². The zero-order chi connectivity index (χ0) is 8.97. The van der Waals surface area contributed by atoms with Crippen molar-refractivity contribution >= 4 is 35.0 Å². The summed E-state index contributed by atoms with van der Waals surface area (Å²) in [5.74, 6) is 0. The van der Waals surface area contributed by atoms with Crippen molar-refractivity contribution in [3.63, 3.8) is 0 Å². The Balaban J connectivity index is 3.00. The molecule has 0 bridgehead atoms. The average molecular weight is 350 g/mol. The molecular formula is C11H13Tl. The third-order valence-electron chi connectivity index (χ3n) is 1.95. The molecular weight excluding hydrogens is 337 g/mol. The summed E-state index contributed by atoms with van der Waals surface area (Å²) >= 11 is 0.949. The van der Waals surface area contributed by atoms with E-state index < -0.39 is 0 Å². The third-order valence-corrected chi connectivity index (χ3v) is 4.38. The van der Waals surface area contributed by atoms with Crippen LogP contribution in [-0.2, 0) is 0 Å². The molecule has 0 atom stereocenters. The number of rotatable bonds is 2. The normalized spacial score (nSPS) is 10.8. The first-order chi connectivity index (χ1) is 5.75. The van der Waals surface area contributed by atoms with E-state index in [0.717, 1.165) is 32.2 Å². The van der Waals surface area contributed by atoms with Crippen LogP contribution in [0.2, 0.25) is 0 Å². The molecule has 0 aromatic heterocycles. The first-order valence-corrected chi connectivity index (χ1v) is 6.51. The molecule has 0 saturated heterocycles. The van der Waals surface area contributed by atoms with Crippen LogP contribution in [0.4, 0.5) is 0 Å². The van der Waals surface area contributed by atoms with Gasteiger partial charge in [-0.25, -0.2) is 0 Å². The van der Waals surface area contributed by atoms with Crippen LogP contribution in [0.1, 0.15) is 24.5 Å². The molecule has 12 heavy (non-hydrogen) atoms. The van der Waals surface area contributed by atoms with Gasteiger partial charge in [0.15, 0.2) is 0 Å². The van der Waals surface area contributed by atoms with Crippen LogP contribution in [0.25, 0.3) is 6.08 Å². The number of allylic oxidation sites excluding steroid dienone is 1. The molecule has 0 aliphatic carbocycles. The van der Waals surface area contributed by atoms with Crippen molar-refractivity contribution in [2.45, 2.75) is 20.3 Å². The van der Waals surface area contributed by atoms with Gasteiger partial charge in [0.1, 0.15) is 0 Å². The average Bonchev–Trinajstić information content (AvgIpc) is 2.08. The van der Waals surface area contributed by atoms with Gasteiger partial charge in [-0.05, 0) is 0 Å². The summed E-state index contributed by atoms with van der Waals surface area (Å²) in [6.45, 7) is 4.38. The molecule has 0 amide bonds. The third kappa shape index (κ3) is 2.44. The second kappa shape index (κ2) is 4.80. The van der Waals surface area contributed by atoms with Crippen LogP contribution >= 0.6 is 0 Å². The fourth-order valence-electron chi connectivity index (χ4n) is 1.10. The Morgan fingerprint density at radius 3 is 2.83 bits per heavy atom. The zero-order valence-electron chi connectivity index (χ0n) is 7.67. The maximum absolute atomic E-state index is 2.23. The van der Waals surface area contributed by atoms with Crippen LogP contribution in [0.5, 0.6) is 0 Å². The van der Waals surface area contributed by atoms with E-state index in [0.29, 0.717) is 0 Å². The molecule has 1 aromatic carbocycles. The second-order valence-electron chi connectivity index (χ2n) is 2.87. The molecule has 0 unspecified atom stereocenters. The first-order valence-electron chi connectivity index (χ1n) is 4.27. The molecule has 0 fully saturated rings. The standard InChI is InChI=1S/C11H13.Tl/c1-3-4-8-11-9-6-5-7-10(11)2;/h4-6,8-9H,3H2,1-2H3;/b8-4-;. The van der Waals surface area contributed by atoms with Crippen molar-refractivity contribution in [1.29, 1.82) is 0 Å². The van der Waals surface area contributed by atoms with Gasteiger partial charge in [0.25, 0.3) is 0 Å². The van der Waals surface area contributed by atoms with E-state index >= 15 is 0 Å². The molecule has 1 aromatic rings. The predicted molar refractivity (Wildman–Crippen MR) is 55.9 cm³/mol. The Kier molecular flexibility index (Phi) is 3.99. The van der Waals surface area contributed by atoms with Crippen LogP contribution in [0.3, 0.4) is 0 Å². The molecule has 0 radical (unpaired) electrons. The van der Waals surface area contributed by atoms with E-state index in [1.807, 2.05) is 0 Å². The second-order valence-corrected chi connectivity index (χ2v) is 5.29. The Labute approximate surface area is 90.4 Å². The van der Waals surface area contributed by atoms with Gasteiger partial charge in [-0.2, -0.15) is 0 Å². The van der Waals surface area contributed by atoms with E-state index in [2.05, 4.69) is 44.2 Å². The van der Waals surface area contributed by atoms with E-state index in [9.17, 15) is 0 Å². The van der Waals surface area contributed by atoms with Gasteiger partial charge in [-0.3, -0.25) is 0 Å². The summed E-state index contributed by atoms with van der Waals surface area (Å²) < 4.78 is 1.54. The molecule has 0 saturated carbocycles. The van der Waals surface area contributed by atoms with Crippen molar-refractivity contribution in [3.8, 4) is 0 Å². The Bertz CT molecular complexity index is 287. The summed E-state index contributed by atoms with van der Waals surface area (Å²) in [4.78, 5) is 0. The molecule has 1 rings (SSSR count). The van der Waals surface area contributed by atoms with Crippen molar-refractivity contribution < 1.29 is 0 Å². The summed E-state index contributed by atoms with van der Waals surface area (Å²) in [7, 11) is 0.